The van der Waals surface area contributed by atoms with Crippen molar-refractivity contribution in [2.24, 2.45) is 5.41 Å². The van der Waals surface area contributed by atoms with Crippen molar-refractivity contribution in [3.8, 4) is 17.0 Å². The zero-order chi connectivity index (χ0) is 29.4. The molecule has 8 nitrogen and oxygen atoms in total. The highest BCUT2D eigenvalue weighted by Gasteiger charge is 2.45. The summed E-state index contributed by atoms with van der Waals surface area (Å²) in [6.45, 7) is 5.94. The fraction of sp³-hybridized carbons (Fsp3) is 0.433. The number of carboxylic acid groups (broad SMARTS) is 1. The Hall–Kier alpha value is -3.86. The zero-order valence-corrected chi connectivity index (χ0v) is 23.0. The molecule has 0 unspecified atom stereocenters. The lowest BCUT2D eigenvalue weighted by Crippen LogP contribution is -2.41. The van der Waals surface area contributed by atoms with E-state index in [1.165, 1.54) is 23.8 Å². The lowest BCUT2D eigenvalue weighted by molar-refractivity contribution is -0.198. The molecule has 41 heavy (non-hydrogen) atoms. The zero-order valence-electron chi connectivity index (χ0n) is 23.0. The highest BCUT2D eigenvalue weighted by atomic mass is 19.4. The Kier molecular flexibility index (Phi) is 7.83. The van der Waals surface area contributed by atoms with Crippen LogP contribution in [-0.2, 0) is 4.79 Å². The second-order valence-corrected chi connectivity index (χ2v) is 11.3. The van der Waals surface area contributed by atoms with Gasteiger partial charge in [-0.15, -0.1) is 0 Å². The molecule has 1 spiro atoms. The Balaban J connectivity index is 1.31. The molecular weight excluding hydrogens is 535 g/mol. The van der Waals surface area contributed by atoms with E-state index >= 15 is 0 Å². The minimum atomic E-state index is -4.70. The molecule has 2 fully saturated rings. The third kappa shape index (κ3) is 6.40. The van der Waals surface area contributed by atoms with Crippen molar-refractivity contribution < 1.29 is 27.8 Å². The largest absolute Gasteiger partial charge is 0.480 e. The average molecular weight is 570 g/mol. The van der Waals surface area contributed by atoms with Crippen LogP contribution in [0.1, 0.15) is 56.3 Å². The van der Waals surface area contributed by atoms with E-state index in [9.17, 15) is 23.1 Å². The molecule has 2 saturated heterocycles. The SMILES string of the molecule is CC(C)c1ccc(-c2ccc([C@@H](Oc3cc(N4CCC5(CC4)CN[C@H](C(=O)O)C5)nc(N)n3)C(F)(F)F)cc2)cc1. The van der Waals surface area contributed by atoms with Gasteiger partial charge in [0, 0.05) is 31.3 Å². The summed E-state index contributed by atoms with van der Waals surface area (Å²) in [4.78, 5) is 21.5. The fourth-order valence-corrected chi connectivity index (χ4v) is 5.69. The monoisotopic (exact) mass is 569 g/mol. The van der Waals surface area contributed by atoms with Crippen LogP contribution >= 0.6 is 0 Å². The van der Waals surface area contributed by atoms with Crippen LogP contribution in [0.4, 0.5) is 24.9 Å². The number of rotatable bonds is 7. The predicted octanol–water partition coefficient (Wildman–Crippen LogP) is 5.56. The van der Waals surface area contributed by atoms with Crippen molar-refractivity contribution in [1.82, 2.24) is 15.3 Å². The smallest absolute Gasteiger partial charge is 0.429 e. The van der Waals surface area contributed by atoms with Crippen LogP contribution in [0.15, 0.2) is 54.6 Å². The summed E-state index contributed by atoms with van der Waals surface area (Å²) < 4.78 is 48.0. The standard InChI is InChI=1S/C30H34F3N5O3/c1-18(2)19-3-5-20(6-4-19)21-7-9-22(10-8-21)26(30(31,32)33)41-25-15-24(36-28(34)37-25)38-13-11-29(12-14-38)16-23(27(39)40)35-17-29/h3-10,15,18,23,26,35H,11-14,16-17H2,1-2H3,(H,39,40)(H2,34,36,37)/t23-,26+/m0/s1. The topological polar surface area (TPSA) is 114 Å². The molecule has 3 heterocycles. The van der Waals surface area contributed by atoms with Gasteiger partial charge < -0.3 is 25.8 Å². The Morgan fingerprint density at radius 3 is 2.15 bits per heavy atom. The van der Waals surface area contributed by atoms with E-state index in [2.05, 4.69) is 29.1 Å². The first-order chi connectivity index (χ1) is 19.4. The fourth-order valence-electron chi connectivity index (χ4n) is 5.69. The van der Waals surface area contributed by atoms with E-state index in [-0.39, 0.29) is 22.8 Å². The van der Waals surface area contributed by atoms with E-state index < -0.39 is 24.3 Å². The molecule has 0 amide bonds. The second kappa shape index (κ2) is 11.2. The number of hydrogen-bond acceptors (Lipinski definition) is 7. The number of nitrogens with one attached hydrogen (secondary N) is 1. The quantitative estimate of drug-likeness (QED) is 0.339. The number of aliphatic carboxylic acids is 1. The van der Waals surface area contributed by atoms with Gasteiger partial charge in [0.2, 0.25) is 17.9 Å². The van der Waals surface area contributed by atoms with Gasteiger partial charge in [-0.05, 0) is 47.3 Å². The molecular formula is C30H34F3N5O3. The Bertz CT molecular complexity index is 1370. The van der Waals surface area contributed by atoms with Gasteiger partial charge in [0.05, 0.1) is 0 Å². The first-order valence-corrected chi connectivity index (χ1v) is 13.7. The van der Waals surface area contributed by atoms with E-state index in [1.807, 2.05) is 29.2 Å². The summed E-state index contributed by atoms with van der Waals surface area (Å²) in [6.07, 6.45) is -4.95. The van der Waals surface area contributed by atoms with Crippen LogP contribution in [0.3, 0.4) is 0 Å². The first-order valence-electron chi connectivity index (χ1n) is 13.7. The predicted molar refractivity (Wildman–Crippen MR) is 150 cm³/mol. The number of nitrogens with two attached hydrogens (primary N) is 1. The molecule has 4 N–H and O–H groups in total. The maximum absolute atomic E-state index is 14.2. The van der Waals surface area contributed by atoms with Crippen molar-refractivity contribution in [2.75, 3.05) is 30.3 Å². The summed E-state index contributed by atoms with van der Waals surface area (Å²) in [5.41, 5.74) is 8.60. The van der Waals surface area contributed by atoms with Crippen LogP contribution in [0.25, 0.3) is 11.1 Å². The van der Waals surface area contributed by atoms with Gasteiger partial charge in [0.25, 0.3) is 0 Å². The number of carbonyl (C=O) groups is 1. The van der Waals surface area contributed by atoms with Gasteiger partial charge >= 0.3 is 12.1 Å². The summed E-state index contributed by atoms with van der Waals surface area (Å²) >= 11 is 0. The Morgan fingerprint density at radius 2 is 1.63 bits per heavy atom. The van der Waals surface area contributed by atoms with Crippen LogP contribution in [0.2, 0.25) is 0 Å². The lowest BCUT2D eigenvalue weighted by Gasteiger charge is -2.39. The summed E-state index contributed by atoms with van der Waals surface area (Å²) in [5.74, 6) is -0.549. The number of aromatic nitrogens is 2. The maximum Gasteiger partial charge on any atom is 0.429 e. The highest BCUT2D eigenvalue weighted by Crippen LogP contribution is 2.41. The molecule has 2 aromatic carbocycles. The number of nitrogen functional groups attached to an aromatic ring is 1. The van der Waals surface area contributed by atoms with Crippen molar-refractivity contribution in [1.29, 1.82) is 0 Å². The van der Waals surface area contributed by atoms with Gasteiger partial charge in [0.15, 0.2) is 0 Å². The average Bonchev–Trinajstić information content (AvgIpc) is 3.35. The van der Waals surface area contributed by atoms with Gasteiger partial charge in [-0.3, -0.25) is 4.79 Å². The molecule has 2 atom stereocenters. The molecule has 0 aliphatic carbocycles. The van der Waals surface area contributed by atoms with Crippen LogP contribution in [-0.4, -0.2) is 52.9 Å². The highest BCUT2D eigenvalue weighted by molar-refractivity contribution is 5.74. The van der Waals surface area contributed by atoms with Crippen molar-refractivity contribution >= 4 is 17.7 Å². The molecule has 218 valence electrons. The van der Waals surface area contributed by atoms with Crippen molar-refractivity contribution in [2.45, 2.75) is 57.3 Å². The molecule has 3 aromatic rings. The van der Waals surface area contributed by atoms with E-state index in [4.69, 9.17) is 10.5 Å². The number of halogens is 3. The molecule has 0 radical (unpaired) electrons. The number of anilines is 2. The van der Waals surface area contributed by atoms with Gasteiger partial charge in [-0.25, -0.2) is 0 Å². The third-order valence-corrected chi connectivity index (χ3v) is 8.17. The molecule has 2 aliphatic rings. The van der Waals surface area contributed by atoms with E-state index in [0.29, 0.717) is 37.8 Å². The number of carboxylic acids is 1. The number of alkyl halides is 3. The molecule has 1 aromatic heterocycles. The van der Waals surface area contributed by atoms with Crippen LogP contribution in [0.5, 0.6) is 5.88 Å². The minimum absolute atomic E-state index is 0.0552. The second-order valence-electron chi connectivity index (χ2n) is 11.3. The lowest BCUT2D eigenvalue weighted by atomic mass is 9.76. The van der Waals surface area contributed by atoms with E-state index in [0.717, 1.165) is 24.0 Å². The number of hydrogen-bond donors (Lipinski definition) is 3. The number of nitrogens with zero attached hydrogens (tertiary/aromatic N) is 3. The van der Waals surface area contributed by atoms with Crippen LogP contribution < -0.4 is 20.7 Å². The molecule has 0 bridgehead atoms. The first kappa shape index (κ1) is 28.7. The van der Waals surface area contributed by atoms with Crippen molar-refractivity contribution in [3.63, 3.8) is 0 Å². The number of benzene rings is 2. The Morgan fingerprint density at radius 1 is 1.05 bits per heavy atom. The molecule has 5 rings (SSSR count). The molecule has 0 saturated carbocycles. The summed E-state index contributed by atoms with van der Waals surface area (Å²) in [7, 11) is 0. The number of ether oxygens (including phenoxy) is 1. The van der Waals surface area contributed by atoms with Gasteiger partial charge in [-0.2, -0.15) is 23.1 Å². The minimum Gasteiger partial charge on any atom is -0.480 e. The number of piperidine rings is 1. The van der Waals surface area contributed by atoms with Gasteiger partial charge in [0.1, 0.15) is 11.9 Å². The van der Waals surface area contributed by atoms with Crippen molar-refractivity contribution in [3.05, 3.63) is 65.7 Å². The maximum atomic E-state index is 14.2. The molecule has 2 aliphatic heterocycles. The molecule has 11 heteroatoms. The van der Waals surface area contributed by atoms with E-state index in [1.54, 1.807) is 12.1 Å². The van der Waals surface area contributed by atoms with Crippen LogP contribution in [0, 0.1) is 5.41 Å². The van der Waals surface area contributed by atoms with Gasteiger partial charge in [-0.1, -0.05) is 62.4 Å². The normalized spacial score (nSPS) is 19.5. The third-order valence-electron chi connectivity index (χ3n) is 8.17. The summed E-state index contributed by atoms with van der Waals surface area (Å²) in [5, 5.41) is 12.4. The summed E-state index contributed by atoms with van der Waals surface area (Å²) in [6, 6.07) is 14.9. The Labute approximate surface area is 236 Å².